The maximum Gasteiger partial charge on any atom is 0.293 e. The van der Waals surface area contributed by atoms with E-state index in [-0.39, 0.29) is 36.9 Å². The Morgan fingerprint density at radius 2 is 2.27 bits per heavy atom. The lowest BCUT2D eigenvalue weighted by molar-refractivity contribution is -0.387. The minimum Gasteiger partial charge on any atom is -0.497 e. The van der Waals surface area contributed by atoms with Gasteiger partial charge in [0.2, 0.25) is 10.0 Å². The molecule has 10 heteroatoms. The summed E-state index contributed by atoms with van der Waals surface area (Å²) in [5, 5.41) is 11.2. The van der Waals surface area contributed by atoms with Crippen molar-refractivity contribution in [1.82, 2.24) is 4.31 Å². The Bertz CT molecular complexity index is 663. The average Bonchev–Trinajstić information content (AvgIpc) is 2.54. The average molecular weight is 331 g/mol. The lowest BCUT2D eigenvalue weighted by Crippen LogP contribution is -2.48. The summed E-state index contributed by atoms with van der Waals surface area (Å²) in [6.45, 7) is 0.575. The number of benzene rings is 1. The molecular formula is C12H17N3O6S. The number of ether oxygens (including phenoxy) is 2. The first-order valence-corrected chi connectivity index (χ1v) is 7.98. The summed E-state index contributed by atoms with van der Waals surface area (Å²) in [5.74, 6) is 0.215. The number of methoxy groups -OCH3 is 1. The molecule has 0 radical (unpaired) electrons. The van der Waals surface area contributed by atoms with Gasteiger partial charge in [-0.05, 0) is 12.1 Å². The van der Waals surface area contributed by atoms with E-state index in [1.54, 1.807) is 0 Å². The molecule has 0 aliphatic carbocycles. The number of morpholine rings is 1. The van der Waals surface area contributed by atoms with E-state index in [1.807, 2.05) is 0 Å². The number of sulfonamides is 1. The molecule has 0 saturated carbocycles. The summed E-state index contributed by atoms with van der Waals surface area (Å²) in [6.07, 6.45) is -0.416. The lowest BCUT2D eigenvalue weighted by atomic mass is 10.3. The Kier molecular flexibility index (Phi) is 4.96. The van der Waals surface area contributed by atoms with Crippen molar-refractivity contribution in [1.29, 1.82) is 0 Å². The third kappa shape index (κ3) is 3.19. The molecule has 9 nitrogen and oxygen atoms in total. The third-order valence-corrected chi connectivity index (χ3v) is 5.26. The zero-order valence-electron chi connectivity index (χ0n) is 12.0. The topological polar surface area (TPSA) is 125 Å². The van der Waals surface area contributed by atoms with E-state index in [1.165, 1.54) is 19.2 Å². The van der Waals surface area contributed by atoms with Crippen LogP contribution in [0.4, 0.5) is 5.69 Å². The van der Waals surface area contributed by atoms with Gasteiger partial charge in [0.15, 0.2) is 4.90 Å². The van der Waals surface area contributed by atoms with Crippen LogP contribution in [0.15, 0.2) is 23.1 Å². The first-order chi connectivity index (χ1) is 10.4. The highest BCUT2D eigenvalue weighted by molar-refractivity contribution is 7.89. The Morgan fingerprint density at radius 1 is 1.55 bits per heavy atom. The lowest BCUT2D eigenvalue weighted by Gasteiger charge is -2.31. The summed E-state index contributed by atoms with van der Waals surface area (Å²) in [5.41, 5.74) is 4.97. The molecule has 1 aliphatic rings. The molecule has 0 spiro atoms. The highest BCUT2D eigenvalue weighted by Crippen LogP contribution is 2.31. The van der Waals surface area contributed by atoms with Crippen molar-refractivity contribution in [3.05, 3.63) is 28.3 Å². The van der Waals surface area contributed by atoms with E-state index in [4.69, 9.17) is 15.2 Å². The molecule has 1 unspecified atom stereocenters. The van der Waals surface area contributed by atoms with Gasteiger partial charge in [-0.3, -0.25) is 10.1 Å². The summed E-state index contributed by atoms with van der Waals surface area (Å²) in [4.78, 5) is 10.1. The van der Waals surface area contributed by atoms with E-state index >= 15 is 0 Å². The van der Waals surface area contributed by atoms with E-state index in [2.05, 4.69) is 0 Å². The van der Waals surface area contributed by atoms with Gasteiger partial charge in [0.25, 0.3) is 5.69 Å². The van der Waals surface area contributed by atoms with E-state index < -0.39 is 26.7 Å². The molecule has 0 aromatic heterocycles. The number of nitro benzene ring substituents is 1. The van der Waals surface area contributed by atoms with E-state index in [0.29, 0.717) is 0 Å². The van der Waals surface area contributed by atoms with Crippen molar-refractivity contribution < 1.29 is 22.8 Å². The van der Waals surface area contributed by atoms with Crippen molar-refractivity contribution in [2.75, 3.05) is 33.4 Å². The molecule has 1 atom stereocenters. The van der Waals surface area contributed by atoms with Crippen LogP contribution in [0.5, 0.6) is 5.75 Å². The molecule has 1 aromatic rings. The maximum atomic E-state index is 12.7. The number of nitrogens with two attached hydrogens (primary N) is 1. The van der Waals surface area contributed by atoms with Crippen LogP contribution < -0.4 is 10.5 Å². The number of nitro groups is 1. The second kappa shape index (κ2) is 6.57. The quantitative estimate of drug-likeness (QED) is 0.592. The molecule has 1 aliphatic heterocycles. The maximum absolute atomic E-state index is 12.7. The Balaban J connectivity index is 2.42. The monoisotopic (exact) mass is 331 g/mol. The fourth-order valence-corrected chi connectivity index (χ4v) is 3.77. The van der Waals surface area contributed by atoms with Crippen LogP contribution in [-0.2, 0) is 14.8 Å². The highest BCUT2D eigenvalue weighted by Gasteiger charge is 2.35. The van der Waals surface area contributed by atoms with Gasteiger partial charge in [0.1, 0.15) is 5.75 Å². The van der Waals surface area contributed by atoms with Gasteiger partial charge in [0, 0.05) is 19.6 Å². The van der Waals surface area contributed by atoms with Gasteiger partial charge >= 0.3 is 0 Å². The standard InChI is InChI=1S/C12H17N3O6S/c1-20-9-2-3-12(11(6-9)15(16)17)22(18,19)14-4-5-21-10(7-13)8-14/h2-3,6,10H,4-5,7-8,13H2,1H3. The number of hydrogen-bond acceptors (Lipinski definition) is 7. The SMILES string of the molecule is COc1ccc(S(=O)(=O)N2CCOC(CN)C2)c([N+](=O)[O-])c1. The van der Waals surface area contributed by atoms with Crippen molar-refractivity contribution >= 4 is 15.7 Å². The summed E-state index contributed by atoms with van der Waals surface area (Å²) in [7, 11) is -2.66. The Hall–Kier alpha value is -1.75. The van der Waals surface area contributed by atoms with Crippen molar-refractivity contribution in [3.63, 3.8) is 0 Å². The normalized spacial score (nSPS) is 19.8. The molecule has 1 fully saturated rings. The van der Waals surface area contributed by atoms with Crippen LogP contribution in [0.1, 0.15) is 0 Å². The van der Waals surface area contributed by atoms with Gasteiger partial charge in [0.05, 0.1) is 30.8 Å². The zero-order valence-corrected chi connectivity index (χ0v) is 12.8. The predicted octanol–water partition coefficient (Wildman–Crippen LogP) is -0.0484. The van der Waals surface area contributed by atoms with Crippen LogP contribution in [-0.4, -0.2) is 57.1 Å². The molecule has 0 amide bonds. The van der Waals surface area contributed by atoms with Gasteiger partial charge in [-0.2, -0.15) is 4.31 Å². The third-order valence-electron chi connectivity index (χ3n) is 3.35. The smallest absolute Gasteiger partial charge is 0.293 e. The first-order valence-electron chi connectivity index (χ1n) is 6.54. The molecule has 1 saturated heterocycles. The second-order valence-electron chi connectivity index (χ2n) is 4.68. The molecular weight excluding hydrogens is 314 g/mol. The number of nitrogens with zero attached hydrogens (tertiary/aromatic N) is 2. The minimum absolute atomic E-state index is 0.0714. The van der Waals surface area contributed by atoms with Gasteiger partial charge in [-0.15, -0.1) is 0 Å². The van der Waals surface area contributed by atoms with Crippen molar-refractivity contribution in [2.45, 2.75) is 11.0 Å². The van der Waals surface area contributed by atoms with Gasteiger partial charge < -0.3 is 15.2 Å². The molecule has 0 bridgehead atoms. The minimum atomic E-state index is -4.01. The highest BCUT2D eigenvalue weighted by atomic mass is 32.2. The van der Waals surface area contributed by atoms with Crippen LogP contribution in [0.3, 0.4) is 0 Å². The van der Waals surface area contributed by atoms with Crippen LogP contribution in [0.25, 0.3) is 0 Å². The molecule has 1 heterocycles. The number of hydrogen-bond donors (Lipinski definition) is 1. The predicted molar refractivity (Wildman–Crippen MR) is 77.2 cm³/mol. The molecule has 122 valence electrons. The Morgan fingerprint density at radius 3 is 2.86 bits per heavy atom. The molecule has 2 rings (SSSR count). The van der Waals surface area contributed by atoms with E-state index in [0.717, 1.165) is 10.4 Å². The van der Waals surface area contributed by atoms with Crippen LogP contribution >= 0.6 is 0 Å². The molecule has 22 heavy (non-hydrogen) atoms. The fourth-order valence-electron chi connectivity index (χ4n) is 2.18. The summed E-state index contributed by atoms with van der Waals surface area (Å²) in [6, 6.07) is 3.65. The van der Waals surface area contributed by atoms with Crippen LogP contribution in [0.2, 0.25) is 0 Å². The molecule has 2 N–H and O–H groups in total. The second-order valence-corrected chi connectivity index (χ2v) is 6.59. The van der Waals surface area contributed by atoms with E-state index in [9.17, 15) is 18.5 Å². The summed E-state index contributed by atoms with van der Waals surface area (Å²) < 4.78 is 36.7. The van der Waals surface area contributed by atoms with Crippen molar-refractivity contribution in [2.24, 2.45) is 5.73 Å². The van der Waals surface area contributed by atoms with Crippen molar-refractivity contribution in [3.8, 4) is 5.75 Å². The first kappa shape index (κ1) is 16.6. The van der Waals surface area contributed by atoms with Gasteiger partial charge in [-0.1, -0.05) is 0 Å². The van der Waals surface area contributed by atoms with Gasteiger partial charge in [-0.25, -0.2) is 8.42 Å². The zero-order chi connectivity index (χ0) is 16.3. The largest absolute Gasteiger partial charge is 0.497 e. The van der Waals surface area contributed by atoms with Crippen LogP contribution in [0, 0.1) is 10.1 Å². The Labute approximate surface area is 127 Å². The molecule has 1 aromatic carbocycles. The summed E-state index contributed by atoms with van der Waals surface area (Å²) >= 11 is 0. The number of rotatable bonds is 5. The fraction of sp³-hybridized carbons (Fsp3) is 0.500.